The first-order valence-electron chi connectivity index (χ1n) is 14.5. The minimum Gasteiger partial charge on any atom is -0.481 e. The van der Waals surface area contributed by atoms with Crippen LogP contribution in [0, 0.1) is 29.6 Å². The Morgan fingerprint density at radius 1 is 1.13 bits per heavy atom. The van der Waals surface area contributed by atoms with Crippen LogP contribution in [0.1, 0.15) is 90.9 Å². The van der Waals surface area contributed by atoms with Crippen LogP contribution >= 0.6 is 0 Å². The number of carboxylic acids is 1. The van der Waals surface area contributed by atoms with E-state index in [1.165, 1.54) is 0 Å². The zero-order chi connectivity index (χ0) is 27.2. The third-order valence-electron chi connectivity index (χ3n) is 7.62. The first-order valence-corrected chi connectivity index (χ1v) is 14.5. The molecule has 7 atom stereocenters. The van der Waals surface area contributed by atoms with Crippen LogP contribution < -0.4 is 0 Å². The molecule has 1 N–H and O–H groups in total. The number of rotatable bonds is 14. The number of ether oxygens (including phenoxy) is 4. The SMILES string of the molecule is CC#CCC(C)[C@@H](C=C[C@H]1[C@H](OC2CCCCO2)CC(=O)[C@@H]1CC=CCCCC(=O)O)OC1CCCCO1. The number of aliphatic carboxylic acids is 1. The lowest BCUT2D eigenvalue weighted by atomic mass is 9.89. The summed E-state index contributed by atoms with van der Waals surface area (Å²) in [7, 11) is 0. The lowest BCUT2D eigenvalue weighted by Gasteiger charge is -2.30. The van der Waals surface area contributed by atoms with Crippen LogP contribution in [-0.2, 0) is 28.5 Å². The molecular formula is C31H46O7. The van der Waals surface area contributed by atoms with Gasteiger partial charge in [0, 0.05) is 44.3 Å². The minimum atomic E-state index is -0.783. The average molecular weight is 531 g/mol. The van der Waals surface area contributed by atoms with Gasteiger partial charge in [-0.15, -0.1) is 11.8 Å². The van der Waals surface area contributed by atoms with Gasteiger partial charge in [-0.3, -0.25) is 9.59 Å². The smallest absolute Gasteiger partial charge is 0.303 e. The number of allylic oxidation sites excluding steroid dienone is 2. The molecule has 2 saturated heterocycles. The van der Waals surface area contributed by atoms with Crippen molar-refractivity contribution in [1.29, 1.82) is 0 Å². The standard InChI is InChI=1S/C31H46O7/c1-3-4-13-23(2)27(37-30-16-9-11-20-35-30)19-18-25-24(14-7-5-6-8-15-29(33)34)26(32)22-28(25)38-31-17-10-12-21-36-31/h5,7,18-19,23-25,27-28,30-31H,6,8-17,20-22H2,1-2H3,(H,33,34)/t23?,24-,25-,27-,28-,30?,31?/m1/s1. The molecule has 0 radical (unpaired) electrons. The summed E-state index contributed by atoms with van der Waals surface area (Å²) < 4.78 is 24.5. The lowest BCUT2D eigenvalue weighted by Crippen LogP contribution is -2.32. The quantitative estimate of drug-likeness (QED) is 0.172. The van der Waals surface area contributed by atoms with E-state index in [1.54, 1.807) is 0 Å². The highest BCUT2D eigenvalue weighted by atomic mass is 16.7. The van der Waals surface area contributed by atoms with Gasteiger partial charge in [0.05, 0.1) is 12.2 Å². The Morgan fingerprint density at radius 3 is 2.53 bits per heavy atom. The minimum absolute atomic E-state index is 0.0838. The second-order valence-corrected chi connectivity index (χ2v) is 10.7. The number of carbonyl (C=O) groups is 2. The number of carboxylic acid groups (broad SMARTS) is 1. The summed E-state index contributed by atoms with van der Waals surface area (Å²) in [6, 6.07) is 0. The van der Waals surface area contributed by atoms with E-state index in [0.717, 1.165) is 51.6 Å². The van der Waals surface area contributed by atoms with Crippen LogP contribution in [0.25, 0.3) is 0 Å². The van der Waals surface area contributed by atoms with Gasteiger partial charge >= 0.3 is 5.97 Å². The maximum absolute atomic E-state index is 13.1. The van der Waals surface area contributed by atoms with E-state index in [9.17, 15) is 9.59 Å². The predicted molar refractivity (Wildman–Crippen MR) is 145 cm³/mol. The van der Waals surface area contributed by atoms with Crippen molar-refractivity contribution in [1.82, 2.24) is 0 Å². The van der Waals surface area contributed by atoms with Crippen molar-refractivity contribution in [3.63, 3.8) is 0 Å². The van der Waals surface area contributed by atoms with Gasteiger partial charge in [0.15, 0.2) is 12.6 Å². The molecule has 212 valence electrons. The molecule has 0 aromatic heterocycles. The van der Waals surface area contributed by atoms with Crippen molar-refractivity contribution >= 4 is 11.8 Å². The molecule has 3 unspecified atom stereocenters. The Morgan fingerprint density at radius 2 is 1.87 bits per heavy atom. The van der Waals surface area contributed by atoms with E-state index < -0.39 is 5.97 Å². The van der Waals surface area contributed by atoms with Gasteiger partial charge in [-0.25, -0.2) is 0 Å². The summed E-state index contributed by atoms with van der Waals surface area (Å²) in [5, 5.41) is 8.84. The molecule has 1 aliphatic carbocycles. The van der Waals surface area contributed by atoms with Crippen molar-refractivity contribution in [2.75, 3.05) is 13.2 Å². The monoisotopic (exact) mass is 530 g/mol. The number of carbonyl (C=O) groups excluding carboxylic acids is 1. The Bertz CT molecular complexity index is 842. The molecule has 0 spiro atoms. The molecule has 0 amide bonds. The highest BCUT2D eigenvalue weighted by Gasteiger charge is 2.42. The first kappa shape index (κ1) is 30.6. The molecule has 7 nitrogen and oxygen atoms in total. The Labute approximate surface area is 228 Å². The van der Waals surface area contributed by atoms with Crippen LogP contribution in [-0.4, -0.2) is 54.9 Å². The van der Waals surface area contributed by atoms with Crippen LogP contribution in [0.3, 0.4) is 0 Å². The maximum Gasteiger partial charge on any atom is 0.303 e. The fourth-order valence-corrected chi connectivity index (χ4v) is 5.37. The van der Waals surface area contributed by atoms with Gasteiger partial charge in [0.25, 0.3) is 0 Å². The van der Waals surface area contributed by atoms with Crippen LogP contribution in [0.15, 0.2) is 24.3 Å². The maximum atomic E-state index is 13.1. The molecule has 0 aromatic carbocycles. The van der Waals surface area contributed by atoms with Gasteiger partial charge in [0.2, 0.25) is 0 Å². The molecule has 2 heterocycles. The van der Waals surface area contributed by atoms with Crippen LogP contribution in [0.5, 0.6) is 0 Å². The Hall–Kier alpha value is -1.98. The molecule has 3 aliphatic rings. The molecule has 2 aliphatic heterocycles. The lowest BCUT2D eigenvalue weighted by molar-refractivity contribution is -0.192. The van der Waals surface area contributed by atoms with Gasteiger partial charge in [-0.05, 0) is 70.6 Å². The summed E-state index contributed by atoms with van der Waals surface area (Å²) >= 11 is 0. The molecule has 1 saturated carbocycles. The van der Waals surface area contributed by atoms with E-state index in [1.807, 2.05) is 19.1 Å². The molecule has 7 heteroatoms. The zero-order valence-electron chi connectivity index (χ0n) is 23.1. The molecule has 3 rings (SSSR count). The van der Waals surface area contributed by atoms with E-state index in [2.05, 4.69) is 30.9 Å². The topological polar surface area (TPSA) is 91.3 Å². The van der Waals surface area contributed by atoms with Gasteiger partial charge in [-0.2, -0.15) is 0 Å². The Kier molecular flexibility index (Phi) is 13.6. The third-order valence-corrected chi connectivity index (χ3v) is 7.62. The highest BCUT2D eigenvalue weighted by Crippen LogP contribution is 2.37. The highest BCUT2D eigenvalue weighted by molar-refractivity contribution is 5.85. The number of unbranched alkanes of at least 4 members (excludes halogenated alkanes) is 1. The van der Waals surface area contributed by atoms with E-state index in [-0.39, 0.29) is 54.7 Å². The normalized spacial score (nSPS) is 29.8. The van der Waals surface area contributed by atoms with Crippen LogP contribution in [0.2, 0.25) is 0 Å². The van der Waals surface area contributed by atoms with Gasteiger partial charge < -0.3 is 24.1 Å². The fourth-order valence-electron chi connectivity index (χ4n) is 5.37. The van der Waals surface area contributed by atoms with Crippen molar-refractivity contribution in [3.05, 3.63) is 24.3 Å². The summed E-state index contributed by atoms with van der Waals surface area (Å²) in [5.74, 6) is 5.49. The molecular weight excluding hydrogens is 484 g/mol. The van der Waals surface area contributed by atoms with Crippen molar-refractivity contribution in [2.24, 2.45) is 17.8 Å². The molecule has 0 aromatic rings. The van der Waals surface area contributed by atoms with E-state index in [4.69, 9.17) is 24.1 Å². The summed E-state index contributed by atoms with van der Waals surface area (Å²) in [6.07, 6.45) is 16.5. The largest absolute Gasteiger partial charge is 0.481 e. The number of hydrogen-bond donors (Lipinski definition) is 1. The number of hydrogen-bond acceptors (Lipinski definition) is 6. The Balaban J connectivity index is 1.73. The number of Topliss-reactive ketones (excluding diaryl/α,β-unsaturated/α-hetero) is 1. The average Bonchev–Trinajstić information content (AvgIpc) is 3.21. The fraction of sp³-hybridized carbons (Fsp3) is 0.742. The van der Waals surface area contributed by atoms with E-state index >= 15 is 0 Å². The number of ketones is 1. The summed E-state index contributed by atoms with van der Waals surface area (Å²) in [4.78, 5) is 23.9. The van der Waals surface area contributed by atoms with Gasteiger partial charge in [-0.1, -0.05) is 31.2 Å². The molecule has 38 heavy (non-hydrogen) atoms. The van der Waals surface area contributed by atoms with Crippen LogP contribution in [0.4, 0.5) is 0 Å². The summed E-state index contributed by atoms with van der Waals surface area (Å²) in [5.41, 5.74) is 0. The van der Waals surface area contributed by atoms with Crippen molar-refractivity contribution in [2.45, 2.75) is 116 Å². The van der Waals surface area contributed by atoms with Crippen molar-refractivity contribution < 1.29 is 33.6 Å². The second-order valence-electron chi connectivity index (χ2n) is 10.7. The predicted octanol–water partition coefficient (Wildman–Crippen LogP) is 5.82. The van der Waals surface area contributed by atoms with Crippen molar-refractivity contribution in [3.8, 4) is 11.8 Å². The molecule has 3 fully saturated rings. The van der Waals surface area contributed by atoms with Gasteiger partial charge in [0.1, 0.15) is 5.78 Å². The summed E-state index contributed by atoms with van der Waals surface area (Å²) in [6.45, 7) is 5.41. The molecule has 0 bridgehead atoms. The third kappa shape index (κ3) is 10.3. The second kappa shape index (κ2) is 16.9. The van der Waals surface area contributed by atoms with E-state index in [0.29, 0.717) is 32.3 Å². The zero-order valence-corrected chi connectivity index (χ0v) is 23.1. The first-order chi connectivity index (χ1) is 18.5.